The molecule has 1 aliphatic heterocycles. The van der Waals surface area contributed by atoms with Gasteiger partial charge in [0.05, 0.1) is 25.9 Å². The highest BCUT2D eigenvalue weighted by molar-refractivity contribution is 7.80. The van der Waals surface area contributed by atoms with E-state index >= 15 is 0 Å². The summed E-state index contributed by atoms with van der Waals surface area (Å²) in [5, 5.41) is 0. The molecule has 0 radical (unpaired) electrons. The van der Waals surface area contributed by atoms with Crippen LogP contribution in [0.2, 0.25) is 0 Å². The number of rotatable bonds is 3. The minimum atomic E-state index is -0.526. The average Bonchev–Trinajstić information content (AvgIpc) is 2.46. The molecule has 2 heterocycles. The first-order chi connectivity index (χ1) is 9.15. The summed E-state index contributed by atoms with van der Waals surface area (Å²) in [5.74, 6) is 0.230. The van der Waals surface area contributed by atoms with Crippen LogP contribution in [0.3, 0.4) is 0 Å². The first kappa shape index (κ1) is 13.7. The number of hydrogen-bond acceptors (Lipinski definition) is 6. The second kappa shape index (κ2) is 5.94. The van der Waals surface area contributed by atoms with Gasteiger partial charge in [-0.15, -0.1) is 0 Å². The van der Waals surface area contributed by atoms with Gasteiger partial charge < -0.3 is 20.1 Å². The molecule has 1 unspecified atom stereocenters. The van der Waals surface area contributed by atoms with Crippen molar-refractivity contribution in [3.05, 3.63) is 23.9 Å². The number of ether oxygens (including phenoxy) is 2. The maximum Gasteiger partial charge on any atom is 0.330 e. The number of nitrogens with two attached hydrogens (primary N) is 1. The molecule has 0 saturated carbocycles. The van der Waals surface area contributed by atoms with Crippen molar-refractivity contribution in [2.24, 2.45) is 5.73 Å². The summed E-state index contributed by atoms with van der Waals surface area (Å²) in [5.41, 5.74) is 6.34. The predicted octanol–water partition coefficient (Wildman–Crippen LogP) is 0.0940. The van der Waals surface area contributed by atoms with Gasteiger partial charge in [0.15, 0.2) is 6.04 Å². The lowest BCUT2D eigenvalue weighted by atomic mass is 10.1. The van der Waals surface area contributed by atoms with Crippen molar-refractivity contribution in [3.8, 4) is 0 Å². The Morgan fingerprint density at radius 1 is 1.68 bits per heavy atom. The Hall–Kier alpha value is -1.73. The molecular weight excluding hydrogens is 266 g/mol. The molecule has 1 fully saturated rings. The van der Waals surface area contributed by atoms with Crippen LogP contribution < -0.4 is 10.6 Å². The molecule has 2 N–H and O–H groups in total. The Morgan fingerprint density at radius 2 is 2.47 bits per heavy atom. The van der Waals surface area contributed by atoms with Gasteiger partial charge in [0.1, 0.15) is 10.8 Å². The van der Waals surface area contributed by atoms with E-state index < -0.39 is 6.04 Å². The number of methoxy groups -OCH3 is 1. The van der Waals surface area contributed by atoms with E-state index in [4.69, 9.17) is 27.4 Å². The highest BCUT2D eigenvalue weighted by atomic mass is 32.1. The van der Waals surface area contributed by atoms with E-state index in [2.05, 4.69) is 4.98 Å². The lowest BCUT2D eigenvalue weighted by Crippen LogP contribution is -2.51. The lowest BCUT2D eigenvalue weighted by Gasteiger charge is -2.35. The van der Waals surface area contributed by atoms with Gasteiger partial charge in [0.25, 0.3) is 0 Å². The first-order valence-corrected chi connectivity index (χ1v) is 6.23. The van der Waals surface area contributed by atoms with Crippen LogP contribution in [0.4, 0.5) is 5.82 Å². The van der Waals surface area contributed by atoms with Crippen molar-refractivity contribution in [2.45, 2.75) is 6.04 Å². The highest BCUT2D eigenvalue weighted by Crippen LogP contribution is 2.22. The zero-order valence-electron chi connectivity index (χ0n) is 10.5. The van der Waals surface area contributed by atoms with E-state index in [-0.39, 0.29) is 17.6 Å². The van der Waals surface area contributed by atoms with Gasteiger partial charge in [-0.25, -0.2) is 9.78 Å². The third-order valence-electron chi connectivity index (χ3n) is 2.93. The fourth-order valence-corrected chi connectivity index (χ4v) is 2.17. The highest BCUT2D eigenvalue weighted by Gasteiger charge is 2.32. The molecule has 1 aliphatic rings. The maximum atomic E-state index is 11.8. The van der Waals surface area contributed by atoms with Crippen LogP contribution in [0.15, 0.2) is 18.3 Å². The number of carbonyl (C=O) groups is 1. The van der Waals surface area contributed by atoms with Crippen LogP contribution in [0, 0.1) is 0 Å². The average molecular weight is 281 g/mol. The van der Waals surface area contributed by atoms with Crippen molar-refractivity contribution in [3.63, 3.8) is 0 Å². The molecular formula is C12H15N3O3S. The molecule has 0 bridgehead atoms. The standard InChI is InChI=1S/C12H15N3O3S/c1-17-12(16)9-7-18-6-5-15(9)11-8(10(13)19)3-2-4-14-11/h2-4,9H,5-7H2,1H3,(H2,13,19). The Kier molecular flexibility index (Phi) is 4.28. The van der Waals surface area contributed by atoms with Crippen LogP contribution in [0.1, 0.15) is 5.56 Å². The number of thiocarbonyl (C=S) groups is 1. The summed E-state index contributed by atoms with van der Waals surface area (Å²) in [6.07, 6.45) is 1.64. The van der Waals surface area contributed by atoms with Gasteiger partial charge in [-0.1, -0.05) is 12.2 Å². The number of pyridine rings is 1. The molecule has 102 valence electrons. The molecule has 0 aromatic carbocycles. The SMILES string of the molecule is COC(=O)C1COCCN1c1ncccc1C(N)=S. The van der Waals surface area contributed by atoms with Crippen LogP contribution in [0.5, 0.6) is 0 Å². The topological polar surface area (TPSA) is 77.7 Å². The maximum absolute atomic E-state index is 11.8. The number of hydrogen-bond donors (Lipinski definition) is 1. The van der Waals surface area contributed by atoms with E-state index in [0.717, 1.165) is 0 Å². The Labute approximate surface area is 116 Å². The monoisotopic (exact) mass is 281 g/mol. The van der Waals surface area contributed by atoms with Crippen LogP contribution in [-0.2, 0) is 14.3 Å². The number of carbonyl (C=O) groups excluding carboxylic acids is 1. The van der Waals surface area contributed by atoms with Gasteiger partial charge in [-0.3, -0.25) is 0 Å². The van der Waals surface area contributed by atoms with Crippen molar-refractivity contribution >= 4 is 29.0 Å². The molecule has 0 aliphatic carbocycles. The summed E-state index contributed by atoms with van der Waals surface area (Å²) in [7, 11) is 1.35. The Morgan fingerprint density at radius 3 is 3.16 bits per heavy atom. The van der Waals surface area contributed by atoms with E-state index in [1.807, 2.05) is 4.90 Å². The second-order valence-electron chi connectivity index (χ2n) is 4.05. The Bertz CT molecular complexity index is 495. The third-order valence-corrected chi connectivity index (χ3v) is 3.15. The molecule has 19 heavy (non-hydrogen) atoms. The summed E-state index contributed by atoms with van der Waals surface area (Å²) < 4.78 is 10.1. The molecule has 1 saturated heterocycles. The zero-order valence-corrected chi connectivity index (χ0v) is 11.4. The van der Waals surface area contributed by atoms with Crippen molar-refractivity contribution in [1.29, 1.82) is 0 Å². The van der Waals surface area contributed by atoms with Crippen molar-refractivity contribution in [2.75, 3.05) is 31.8 Å². The zero-order chi connectivity index (χ0) is 13.8. The van der Waals surface area contributed by atoms with Gasteiger partial charge >= 0.3 is 5.97 Å². The molecule has 1 atom stereocenters. The molecule has 7 heteroatoms. The van der Waals surface area contributed by atoms with Gasteiger partial charge in [-0.2, -0.15) is 0 Å². The minimum Gasteiger partial charge on any atom is -0.467 e. The van der Waals surface area contributed by atoms with E-state index in [1.165, 1.54) is 7.11 Å². The first-order valence-electron chi connectivity index (χ1n) is 5.82. The number of aromatic nitrogens is 1. The Balaban J connectivity index is 2.37. The van der Waals surface area contributed by atoms with E-state index in [1.54, 1.807) is 18.3 Å². The lowest BCUT2D eigenvalue weighted by molar-refractivity contribution is -0.144. The summed E-state index contributed by atoms with van der Waals surface area (Å²) >= 11 is 5.02. The largest absolute Gasteiger partial charge is 0.467 e. The predicted molar refractivity (Wildman–Crippen MR) is 74.1 cm³/mol. The molecule has 6 nitrogen and oxygen atoms in total. The van der Waals surface area contributed by atoms with Crippen molar-refractivity contribution in [1.82, 2.24) is 4.98 Å². The van der Waals surface area contributed by atoms with Crippen LogP contribution in [0.25, 0.3) is 0 Å². The fourth-order valence-electron chi connectivity index (χ4n) is 2.01. The summed E-state index contributed by atoms with van der Waals surface area (Å²) in [6, 6.07) is 3.02. The molecule has 2 rings (SSSR count). The number of esters is 1. The minimum absolute atomic E-state index is 0.248. The normalized spacial score (nSPS) is 19.0. The second-order valence-corrected chi connectivity index (χ2v) is 4.49. The fraction of sp³-hybridized carbons (Fsp3) is 0.417. The van der Waals surface area contributed by atoms with E-state index in [0.29, 0.717) is 24.5 Å². The van der Waals surface area contributed by atoms with Gasteiger partial charge in [0.2, 0.25) is 0 Å². The molecule has 1 aromatic rings. The van der Waals surface area contributed by atoms with Gasteiger partial charge in [-0.05, 0) is 12.1 Å². The van der Waals surface area contributed by atoms with Crippen LogP contribution >= 0.6 is 12.2 Å². The smallest absolute Gasteiger partial charge is 0.330 e. The van der Waals surface area contributed by atoms with E-state index in [9.17, 15) is 4.79 Å². The summed E-state index contributed by atoms with van der Waals surface area (Å²) in [4.78, 5) is 18.2. The number of morpholine rings is 1. The van der Waals surface area contributed by atoms with Gasteiger partial charge in [0, 0.05) is 12.7 Å². The number of anilines is 1. The summed E-state index contributed by atoms with van der Waals surface area (Å²) in [6.45, 7) is 1.31. The molecule has 0 amide bonds. The van der Waals surface area contributed by atoms with Crippen LogP contribution in [-0.4, -0.2) is 48.9 Å². The van der Waals surface area contributed by atoms with Crippen molar-refractivity contribution < 1.29 is 14.3 Å². The number of nitrogens with zero attached hydrogens (tertiary/aromatic N) is 2. The quantitative estimate of drug-likeness (QED) is 0.621. The molecule has 0 spiro atoms. The third kappa shape index (κ3) is 2.82. The molecule has 1 aromatic heterocycles.